The van der Waals surface area contributed by atoms with Crippen LogP contribution in [0.3, 0.4) is 0 Å². The van der Waals surface area contributed by atoms with Gasteiger partial charge in [-0.15, -0.1) is 0 Å². The molecule has 12 heteroatoms. The van der Waals surface area contributed by atoms with E-state index >= 15 is 0 Å². The van der Waals surface area contributed by atoms with Crippen LogP contribution in [-0.4, -0.2) is 51.1 Å². The molecule has 1 fully saturated rings. The van der Waals surface area contributed by atoms with Crippen molar-refractivity contribution >= 4 is 27.1 Å². The van der Waals surface area contributed by atoms with Crippen LogP contribution in [0.4, 0.5) is 28.9 Å². The van der Waals surface area contributed by atoms with E-state index in [0.29, 0.717) is 26.3 Å². The number of aromatic nitrogens is 1. The number of hydrogen-bond donors (Lipinski definition) is 1. The number of benzene rings is 1. The lowest BCUT2D eigenvalue weighted by atomic mass is 10.2. The molecule has 0 aliphatic carbocycles. The van der Waals surface area contributed by atoms with Crippen molar-refractivity contribution in [3.8, 4) is 0 Å². The van der Waals surface area contributed by atoms with Gasteiger partial charge in [-0.3, -0.25) is 4.79 Å². The standard InChI is InChI=1S/C17H15F4N3O4S/c18-13-10-11(3-4-14(13)24-6-8-28-9-7-24)23-15(25)12-2-1-5-22-16(12)29(26,27)17(19,20)21/h1-5,10H,6-9H2,(H,23,25). The van der Waals surface area contributed by atoms with E-state index in [2.05, 4.69) is 10.3 Å². The first-order chi connectivity index (χ1) is 13.6. The van der Waals surface area contributed by atoms with Crippen molar-refractivity contribution < 1.29 is 35.5 Å². The average molecular weight is 433 g/mol. The zero-order valence-electron chi connectivity index (χ0n) is 14.7. The number of alkyl halides is 3. The molecule has 1 aromatic heterocycles. The van der Waals surface area contributed by atoms with Crippen LogP contribution in [0.2, 0.25) is 0 Å². The highest BCUT2D eigenvalue weighted by Crippen LogP contribution is 2.31. The first-order valence-electron chi connectivity index (χ1n) is 8.31. The Balaban J connectivity index is 1.86. The summed E-state index contributed by atoms with van der Waals surface area (Å²) >= 11 is 0. The molecule has 3 rings (SSSR count). The lowest BCUT2D eigenvalue weighted by Crippen LogP contribution is -2.36. The minimum Gasteiger partial charge on any atom is -0.378 e. The van der Waals surface area contributed by atoms with Crippen LogP contribution in [0.5, 0.6) is 0 Å². The Labute approximate surface area is 163 Å². The Morgan fingerprint density at radius 1 is 1.17 bits per heavy atom. The highest BCUT2D eigenvalue weighted by atomic mass is 32.2. The number of carbonyl (C=O) groups is 1. The van der Waals surface area contributed by atoms with Crippen LogP contribution >= 0.6 is 0 Å². The van der Waals surface area contributed by atoms with E-state index in [4.69, 9.17) is 4.74 Å². The fourth-order valence-electron chi connectivity index (χ4n) is 2.73. The van der Waals surface area contributed by atoms with Crippen molar-refractivity contribution in [3.05, 3.63) is 47.9 Å². The van der Waals surface area contributed by atoms with Gasteiger partial charge in [0.1, 0.15) is 5.82 Å². The molecule has 7 nitrogen and oxygen atoms in total. The van der Waals surface area contributed by atoms with Crippen LogP contribution in [0, 0.1) is 5.82 Å². The van der Waals surface area contributed by atoms with Gasteiger partial charge in [-0.2, -0.15) is 13.2 Å². The smallest absolute Gasteiger partial charge is 0.378 e. The number of sulfone groups is 1. The largest absolute Gasteiger partial charge is 0.503 e. The molecule has 1 saturated heterocycles. The Morgan fingerprint density at radius 3 is 2.48 bits per heavy atom. The molecule has 0 atom stereocenters. The molecule has 156 valence electrons. The summed E-state index contributed by atoms with van der Waals surface area (Å²) < 4.78 is 81.5. The van der Waals surface area contributed by atoms with Gasteiger partial charge >= 0.3 is 5.51 Å². The molecule has 1 aromatic carbocycles. The molecule has 0 unspecified atom stereocenters. The summed E-state index contributed by atoms with van der Waals surface area (Å²) in [5.41, 5.74) is -6.19. The van der Waals surface area contributed by atoms with Crippen LogP contribution in [0.1, 0.15) is 10.4 Å². The molecule has 0 radical (unpaired) electrons. The molecule has 0 bridgehead atoms. The Kier molecular flexibility index (Phi) is 5.75. The molecule has 2 aromatic rings. The van der Waals surface area contributed by atoms with Gasteiger partial charge < -0.3 is 15.0 Å². The molecule has 0 spiro atoms. The normalized spacial score (nSPS) is 15.2. The monoisotopic (exact) mass is 433 g/mol. The van der Waals surface area contributed by atoms with Gasteiger partial charge in [0.15, 0.2) is 5.03 Å². The number of hydrogen-bond acceptors (Lipinski definition) is 6. The van der Waals surface area contributed by atoms with Gasteiger partial charge in [-0.1, -0.05) is 0 Å². The number of halogens is 4. The first kappa shape index (κ1) is 21.0. The van der Waals surface area contributed by atoms with Gasteiger partial charge in [-0.25, -0.2) is 17.8 Å². The van der Waals surface area contributed by atoms with Crippen molar-refractivity contribution in [1.29, 1.82) is 0 Å². The van der Waals surface area contributed by atoms with E-state index in [1.807, 2.05) is 0 Å². The molecule has 0 saturated carbocycles. The quantitative estimate of drug-likeness (QED) is 0.746. The SMILES string of the molecule is O=C(Nc1ccc(N2CCOCC2)c(F)c1)c1cccnc1S(=O)(=O)C(F)(F)F. The first-order valence-corrected chi connectivity index (χ1v) is 9.79. The number of pyridine rings is 1. The summed E-state index contributed by atoms with van der Waals surface area (Å²) in [4.78, 5) is 17.3. The lowest BCUT2D eigenvalue weighted by Gasteiger charge is -2.29. The summed E-state index contributed by atoms with van der Waals surface area (Å²) in [6.45, 7) is 1.85. The van der Waals surface area contributed by atoms with E-state index in [-0.39, 0.29) is 11.4 Å². The van der Waals surface area contributed by atoms with Crippen LogP contribution in [-0.2, 0) is 14.6 Å². The minimum atomic E-state index is -5.84. The lowest BCUT2D eigenvalue weighted by molar-refractivity contribution is -0.0438. The molecule has 1 aliphatic heterocycles. The van der Waals surface area contributed by atoms with Crippen LogP contribution in [0.25, 0.3) is 0 Å². The molecule has 1 N–H and O–H groups in total. The number of amides is 1. The average Bonchev–Trinajstić information content (AvgIpc) is 2.68. The highest BCUT2D eigenvalue weighted by molar-refractivity contribution is 7.92. The number of carbonyl (C=O) groups excluding carboxylic acids is 1. The predicted octanol–water partition coefficient (Wildman–Crippen LogP) is 2.60. The Hall–Kier alpha value is -2.73. The third kappa shape index (κ3) is 4.32. The minimum absolute atomic E-state index is 0.0521. The van der Waals surface area contributed by atoms with E-state index in [0.717, 1.165) is 24.4 Å². The van der Waals surface area contributed by atoms with E-state index in [1.54, 1.807) is 4.90 Å². The summed E-state index contributed by atoms with van der Waals surface area (Å²) in [7, 11) is -5.84. The van der Waals surface area contributed by atoms with Gasteiger partial charge in [0.05, 0.1) is 24.5 Å². The maximum absolute atomic E-state index is 14.4. The van der Waals surface area contributed by atoms with E-state index in [9.17, 15) is 30.8 Å². The van der Waals surface area contributed by atoms with Gasteiger partial charge in [0.2, 0.25) is 0 Å². The fourth-order valence-corrected chi connectivity index (χ4v) is 3.60. The van der Waals surface area contributed by atoms with Crippen molar-refractivity contribution in [2.75, 3.05) is 36.5 Å². The number of anilines is 2. The topological polar surface area (TPSA) is 88.6 Å². The van der Waals surface area contributed by atoms with Crippen molar-refractivity contribution in [2.45, 2.75) is 10.5 Å². The zero-order valence-corrected chi connectivity index (χ0v) is 15.6. The van der Waals surface area contributed by atoms with Crippen molar-refractivity contribution in [3.63, 3.8) is 0 Å². The fraction of sp³-hybridized carbons (Fsp3) is 0.294. The third-order valence-corrected chi connectivity index (χ3v) is 5.58. The van der Waals surface area contributed by atoms with Gasteiger partial charge in [-0.05, 0) is 30.3 Å². The molecule has 2 heterocycles. The predicted molar refractivity (Wildman–Crippen MR) is 94.9 cm³/mol. The summed E-state index contributed by atoms with van der Waals surface area (Å²) in [6.07, 6.45) is 0.826. The second kappa shape index (κ2) is 7.95. The summed E-state index contributed by atoms with van der Waals surface area (Å²) in [5, 5.41) is 0.778. The summed E-state index contributed by atoms with van der Waals surface area (Å²) in [6, 6.07) is 5.77. The maximum Gasteiger partial charge on any atom is 0.503 e. The summed E-state index contributed by atoms with van der Waals surface area (Å²) in [5.74, 6) is -1.82. The highest BCUT2D eigenvalue weighted by Gasteiger charge is 2.49. The number of nitrogens with zero attached hydrogens (tertiary/aromatic N) is 2. The molecular formula is C17H15F4N3O4S. The van der Waals surface area contributed by atoms with Crippen molar-refractivity contribution in [2.24, 2.45) is 0 Å². The van der Waals surface area contributed by atoms with Crippen LogP contribution < -0.4 is 10.2 Å². The van der Waals surface area contributed by atoms with Crippen LogP contribution in [0.15, 0.2) is 41.6 Å². The third-order valence-electron chi connectivity index (χ3n) is 4.13. The molecule has 29 heavy (non-hydrogen) atoms. The molecule has 1 aliphatic rings. The number of nitrogens with one attached hydrogen (secondary N) is 1. The van der Waals surface area contributed by atoms with E-state index in [1.165, 1.54) is 12.1 Å². The number of ether oxygens (including phenoxy) is 1. The second-order valence-electron chi connectivity index (χ2n) is 6.03. The maximum atomic E-state index is 14.4. The van der Waals surface area contributed by atoms with E-state index < -0.39 is 37.7 Å². The second-order valence-corrected chi connectivity index (χ2v) is 7.88. The number of morpholine rings is 1. The molecular weight excluding hydrogens is 418 g/mol. The molecule has 1 amide bonds. The van der Waals surface area contributed by atoms with Crippen molar-refractivity contribution in [1.82, 2.24) is 4.98 Å². The van der Waals surface area contributed by atoms with Gasteiger partial charge in [0.25, 0.3) is 15.7 Å². The zero-order chi connectivity index (χ0) is 21.2. The Bertz CT molecular complexity index is 1020. The number of rotatable bonds is 4. The Morgan fingerprint density at radius 2 is 1.86 bits per heavy atom. The van der Waals surface area contributed by atoms with Gasteiger partial charge in [0, 0.05) is 25.0 Å².